The normalized spacial score (nSPS) is 10.5. The Morgan fingerprint density at radius 2 is 0.336 bits per heavy atom. The van der Waals surface area contributed by atoms with Gasteiger partial charge in [-0.15, -0.1) is 0 Å². The van der Waals surface area contributed by atoms with Crippen LogP contribution >= 0.6 is 0 Å². The number of hydrogen-bond donors (Lipinski definition) is 3. The van der Waals surface area contributed by atoms with Crippen molar-refractivity contribution >= 4 is 77.2 Å². The van der Waals surface area contributed by atoms with Gasteiger partial charge in [-0.1, -0.05) is 558 Å². The molecule has 24 rings (SSSR count). The van der Waals surface area contributed by atoms with Crippen molar-refractivity contribution < 1.29 is 0 Å². The number of rotatable bonds is 20. The molecule has 0 bridgehead atoms. The Hall–Kier alpha value is -18.3. The third-order valence-corrected chi connectivity index (χ3v) is 25.1. The topological polar surface area (TPSA) is 36.1 Å². The number of anilines is 6. The average molecular weight is 1840 g/mol. The molecule has 0 unspecified atom stereocenters. The number of hydrogen-bond acceptors (Lipinski definition) is 3. The van der Waals surface area contributed by atoms with Crippen LogP contribution in [-0.4, -0.2) is 0 Å². The Bertz CT molecular complexity index is 7690. The number of para-hydroxylation sites is 1. The van der Waals surface area contributed by atoms with Gasteiger partial charge in [0.1, 0.15) is 0 Å². The fraction of sp³-hybridized carbons (Fsp3) is 0.0286. The molecular formula is C140H113N3. The summed E-state index contributed by atoms with van der Waals surface area (Å²) in [5, 5.41) is 20.7. The van der Waals surface area contributed by atoms with Gasteiger partial charge in [-0.3, -0.25) is 0 Å². The van der Waals surface area contributed by atoms with Crippen molar-refractivity contribution in [2.45, 2.75) is 25.7 Å². The first-order valence-electron chi connectivity index (χ1n) is 49.1. The van der Waals surface area contributed by atoms with Crippen LogP contribution in [-0.2, 0) is 25.7 Å². The highest BCUT2D eigenvalue weighted by atomic mass is 14.9. The Morgan fingerprint density at radius 1 is 0.112 bits per heavy atom. The second-order valence-electron chi connectivity index (χ2n) is 35.3. The van der Waals surface area contributed by atoms with Gasteiger partial charge in [0.25, 0.3) is 0 Å². The smallest absolute Gasteiger partial charge is 0.0464 e. The van der Waals surface area contributed by atoms with E-state index in [0.29, 0.717) is 0 Å². The Balaban J connectivity index is 0.000000111. The summed E-state index contributed by atoms with van der Waals surface area (Å²) in [4.78, 5) is 0. The van der Waals surface area contributed by atoms with E-state index < -0.39 is 0 Å². The Morgan fingerprint density at radius 3 is 0.692 bits per heavy atom. The summed E-state index contributed by atoms with van der Waals surface area (Å²) in [6, 6.07) is 217. The highest BCUT2D eigenvalue weighted by Crippen LogP contribution is 2.35. The summed E-state index contributed by atoms with van der Waals surface area (Å²) in [5.41, 5.74) is 32.6. The van der Waals surface area contributed by atoms with E-state index in [1.54, 1.807) is 0 Å². The van der Waals surface area contributed by atoms with Crippen molar-refractivity contribution in [1.82, 2.24) is 0 Å². The van der Waals surface area contributed by atoms with Crippen LogP contribution in [0.25, 0.3) is 110 Å². The van der Waals surface area contributed by atoms with Crippen LogP contribution in [0, 0.1) is 0 Å². The third-order valence-electron chi connectivity index (χ3n) is 25.1. The van der Waals surface area contributed by atoms with Gasteiger partial charge in [-0.05, 0) is 230 Å². The van der Waals surface area contributed by atoms with Crippen LogP contribution in [0.1, 0.15) is 44.5 Å². The third kappa shape index (κ3) is 27.8. The maximum atomic E-state index is 3.59. The lowest BCUT2D eigenvalue weighted by Gasteiger charge is -2.12. The predicted octanol–water partition coefficient (Wildman–Crippen LogP) is 38.0. The highest BCUT2D eigenvalue weighted by molar-refractivity contribution is 6.01. The van der Waals surface area contributed by atoms with E-state index in [1.807, 2.05) is 36.4 Å². The summed E-state index contributed by atoms with van der Waals surface area (Å²) in [6.45, 7) is 0. The molecule has 0 aliphatic carbocycles. The standard InChI is InChI=1S/C25H20.C24H19N.C21H16.C20H15N.C19H16.C18H15N.C13H12/c1-3-11-22(12-4-1)24-15-7-9-20(18-24)17-21-10-8-16-25(19-21)23-13-5-2-6-14-23;1-3-7-19(8-4-1)21-11-15-23(16-12-21)25-24-17-13-22(14-18-24)20-9-5-2-6-10-20;1-2-8-19-14-16(12-13-17(19)6-1)15-20-10-5-9-18-7-3-4-11-21(18)20;1-3-11-17-15(7-1)9-5-13-19(17)21-20-14-6-10-16-8-2-4-12-18(16)20;1-3-8-16(9-4-1)14-17-10-7-13-19(15-17)18-11-5-2-6-12-18;1-3-7-15(8-4-1)16-11-13-18(14-12-16)19-17-9-5-2-6-10-17;1-3-7-12(8-4-1)11-13-9-5-2-6-10-13/h1-16,18-19H,17H2;1-18,25H;1-14H,15H2;1-14,21H;1-13,15H,14H2;1-14,19H;1-10H,11H2. The fourth-order valence-corrected chi connectivity index (χ4v) is 17.8. The molecule has 0 heterocycles. The van der Waals surface area contributed by atoms with Crippen molar-refractivity contribution in [3.8, 4) is 66.8 Å². The molecule has 24 aromatic carbocycles. The molecule has 3 heteroatoms. The first kappa shape index (κ1) is 95.1. The van der Waals surface area contributed by atoms with E-state index in [0.717, 1.165) is 59.8 Å². The van der Waals surface area contributed by atoms with Gasteiger partial charge in [0.2, 0.25) is 0 Å². The first-order chi connectivity index (χ1) is 70.9. The SMILES string of the molecule is c1ccc(-c2ccc(Nc3ccc(-c4ccccc4)cc3)cc2)cc1.c1ccc(-c2cccc(Cc3cccc(-c4ccccc4)c3)c2)cc1.c1ccc(Cc2cccc(-c3ccccc3)c2)cc1.c1ccc(Cc2ccccc2)cc1.c1ccc(Nc2ccc(-c3ccccc3)cc2)cc1.c1ccc2c(Nc3cccc4ccccc34)cccc2c1.c1ccc2cc(Cc3cccc4ccccc34)ccc2c1. The number of benzene rings is 24. The van der Waals surface area contributed by atoms with Gasteiger partial charge in [-0.25, -0.2) is 0 Å². The van der Waals surface area contributed by atoms with E-state index in [4.69, 9.17) is 0 Å². The van der Waals surface area contributed by atoms with E-state index in [9.17, 15) is 0 Å². The van der Waals surface area contributed by atoms with Gasteiger partial charge in [-0.2, -0.15) is 0 Å². The molecule has 0 saturated carbocycles. The van der Waals surface area contributed by atoms with Gasteiger partial charge in [0.05, 0.1) is 0 Å². The Kier molecular flexibility index (Phi) is 33.3. The monoisotopic (exact) mass is 1840 g/mol. The van der Waals surface area contributed by atoms with Crippen molar-refractivity contribution in [2.24, 2.45) is 0 Å². The quantitative estimate of drug-likeness (QED) is 0.0712. The summed E-state index contributed by atoms with van der Waals surface area (Å²) in [6.07, 6.45) is 3.94. The van der Waals surface area contributed by atoms with E-state index in [-0.39, 0.29) is 0 Å². The molecule has 0 spiro atoms. The van der Waals surface area contributed by atoms with Gasteiger partial charge >= 0.3 is 0 Å². The molecule has 0 aromatic heterocycles. The van der Waals surface area contributed by atoms with Crippen LogP contribution in [0.4, 0.5) is 34.1 Å². The van der Waals surface area contributed by atoms with Crippen LogP contribution < -0.4 is 16.0 Å². The van der Waals surface area contributed by atoms with Crippen molar-refractivity contribution in [2.75, 3.05) is 16.0 Å². The minimum Gasteiger partial charge on any atom is -0.356 e. The summed E-state index contributed by atoms with van der Waals surface area (Å²) in [7, 11) is 0. The van der Waals surface area contributed by atoms with Crippen LogP contribution in [0.2, 0.25) is 0 Å². The minimum absolute atomic E-state index is 0.946. The second kappa shape index (κ2) is 50.2. The van der Waals surface area contributed by atoms with Crippen LogP contribution in [0.5, 0.6) is 0 Å². The largest absolute Gasteiger partial charge is 0.356 e. The molecule has 0 saturated heterocycles. The van der Waals surface area contributed by atoms with Crippen molar-refractivity contribution in [3.05, 3.63) is 663 Å². The number of fused-ring (bicyclic) bond motifs is 4. The summed E-state index contributed by atoms with van der Waals surface area (Å²) in [5.74, 6) is 0. The first-order valence-corrected chi connectivity index (χ1v) is 49.1. The van der Waals surface area contributed by atoms with Crippen LogP contribution in [0.3, 0.4) is 0 Å². The molecule has 0 fully saturated rings. The average Bonchev–Trinajstić information content (AvgIpc) is 0.798. The van der Waals surface area contributed by atoms with Crippen molar-refractivity contribution in [3.63, 3.8) is 0 Å². The summed E-state index contributed by atoms with van der Waals surface area (Å²) >= 11 is 0. The highest BCUT2D eigenvalue weighted by Gasteiger charge is 2.11. The molecule has 688 valence electrons. The molecule has 24 aromatic rings. The minimum atomic E-state index is 0.946. The predicted molar refractivity (Wildman–Crippen MR) is 614 cm³/mol. The second-order valence-corrected chi connectivity index (χ2v) is 35.3. The molecule has 0 aliphatic heterocycles. The lowest BCUT2D eigenvalue weighted by atomic mass is 9.97. The zero-order valence-electron chi connectivity index (χ0n) is 80.2. The fourth-order valence-electron chi connectivity index (χ4n) is 17.8. The van der Waals surface area contributed by atoms with Gasteiger partial charge < -0.3 is 16.0 Å². The summed E-state index contributed by atoms with van der Waals surface area (Å²) < 4.78 is 0. The Labute approximate surface area is 842 Å². The molecule has 0 amide bonds. The molecule has 143 heavy (non-hydrogen) atoms. The number of nitrogens with one attached hydrogen (secondary N) is 3. The maximum Gasteiger partial charge on any atom is 0.0464 e. The molecular weight excluding hydrogens is 1720 g/mol. The zero-order valence-corrected chi connectivity index (χ0v) is 80.2. The van der Waals surface area contributed by atoms with Gasteiger partial charge in [0.15, 0.2) is 0 Å². The lowest BCUT2D eigenvalue weighted by molar-refractivity contribution is 1.19. The molecule has 3 nitrogen and oxygen atoms in total. The molecule has 0 radical (unpaired) electrons. The molecule has 0 atom stereocenters. The van der Waals surface area contributed by atoms with Gasteiger partial charge in [0, 0.05) is 44.9 Å². The van der Waals surface area contributed by atoms with Crippen molar-refractivity contribution in [1.29, 1.82) is 0 Å². The molecule has 0 aliphatic rings. The lowest BCUT2D eigenvalue weighted by Crippen LogP contribution is -1.92. The van der Waals surface area contributed by atoms with E-state index in [1.165, 1.54) is 154 Å². The van der Waals surface area contributed by atoms with E-state index >= 15 is 0 Å². The zero-order chi connectivity index (χ0) is 96.7. The van der Waals surface area contributed by atoms with Crippen LogP contribution in [0.15, 0.2) is 619 Å². The maximum absolute atomic E-state index is 3.59. The van der Waals surface area contributed by atoms with E-state index in [2.05, 4.69) is 598 Å². The molecule has 3 N–H and O–H groups in total.